The number of carbonyl (C=O) groups excluding carboxylic acids is 1. The summed E-state index contributed by atoms with van der Waals surface area (Å²) in [5.74, 6) is -0.957. The number of hydrogen-bond donors (Lipinski definition) is 4. The molecule has 0 spiro atoms. The van der Waals surface area contributed by atoms with E-state index in [1.807, 2.05) is 0 Å². The van der Waals surface area contributed by atoms with E-state index >= 15 is 0 Å². The Labute approximate surface area is 102 Å². The standard InChI is InChI=1S/C11H13N3O4/c12-7(5-15)10(16)13-4-6-1-2-8-9(3-6)18-11(17)14-8/h1-3,7,15H,4-5,12H2,(H,13,16)(H,14,17). The first-order chi connectivity index (χ1) is 8.60. The number of fused-ring (bicyclic) bond motifs is 1. The van der Waals surface area contributed by atoms with Gasteiger partial charge < -0.3 is 20.6 Å². The molecule has 0 radical (unpaired) electrons. The van der Waals surface area contributed by atoms with Crippen molar-refractivity contribution in [3.8, 4) is 0 Å². The average Bonchev–Trinajstić information content (AvgIpc) is 2.74. The van der Waals surface area contributed by atoms with Gasteiger partial charge in [-0.3, -0.25) is 9.78 Å². The van der Waals surface area contributed by atoms with Crippen molar-refractivity contribution in [2.45, 2.75) is 12.6 Å². The summed E-state index contributed by atoms with van der Waals surface area (Å²) < 4.78 is 4.90. The second-order valence-corrected chi connectivity index (χ2v) is 3.85. The zero-order valence-corrected chi connectivity index (χ0v) is 9.47. The first-order valence-electron chi connectivity index (χ1n) is 5.36. The Morgan fingerprint density at radius 2 is 2.33 bits per heavy atom. The number of amides is 1. The van der Waals surface area contributed by atoms with E-state index in [0.29, 0.717) is 11.1 Å². The summed E-state index contributed by atoms with van der Waals surface area (Å²) in [6, 6.07) is 4.16. The van der Waals surface area contributed by atoms with E-state index in [1.165, 1.54) is 0 Å². The summed E-state index contributed by atoms with van der Waals surface area (Å²) >= 11 is 0. The number of aliphatic hydroxyl groups excluding tert-OH is 1. The first-order valence-corrected chi connectivity index (χ1v) is 5.36. The summed E-state index contributed by atoms with van der Waals surface area (Å²) in [5.41, 5.74) is 7.14. The fourth-order valence-corrected chi connectivity index (χ4v) is 1.50. The van der Waals surface area contributed by atoms with Crippen LogP contribution in [0.2, 0.25) is 0 Å². The first kappa shape index (κ1) is 12.3. The lowest BCUT2D eigenvalue weighted by molar-refractivity contribution is -0.123. The molecule has 1 aromatic carbocycles. The maximum Gasteiger partial charge on any atom is 0.417 e. The fourth-order valence-electron chi connectivity index (χ4n) is 1.50. The van der Waals surface area contributed by atoms with Crippen molar-refractivity contribution in [1.82, 2.24) is 10.3 Å². The second-order valence-electron chi connectivity index (χ2n) is 3.85. The quantitative estimate of drug-likeness (QED) is 0.558. The second kappa shape index (κ2) is 5.03. The summed E-state index contributed by atoms with van der Waals surface area (Å²) in [6.07, 6.45) is 0. The smallest absolute Gasteiger partial charge is 0.408 e. The van der Waals surface area contributed by atoms with Gasteiger partial charge >= 0.3 is 5.76 Å². The van der Waals surface area contributed by atoms with Gasteiger partial charge in [-0.25, -0.2) is 4.79 Å². The number of nitrogens with two attached hydrogens (primary N) is 1. The van der Waals surface area contributed by atoms with Crippen LogP contribution in [0.4, 0.5) is 0 Å². The molecule has 96 valence electrons. The van der Waals surface area contributed by atoms with Crippen LogP contribution in [-0.2, 0) is 11.3 Å². The van der Waals surface area contributed by atoms with Crippen molar-refractivity contribution in [3.05, 3.63) is 34.3 Å². The van der Waals surface area contributed by atoms with Crippen LogP contribution in [0.3, 0.4) is 0 Å². The van der Waals surface area contributed by atoms with Crippen molar-refractivity contribution in [3.63, 3.8) is 0 Å². The molecule has 0 aliphatic carbocycles. The Hall–Kier alpha value is -2.12. The molecule has 1 atom stereocenters. The lowest BCUT2D eigenvalue weighted by Crippen LogP contribution is -2.42. The molecule has 0 fully saturated rings. The highest BCUT2D eigenvalue weighted by Crippen LogP contribution is 2.11. The minimum Gasteiger partial charge on any atom is -0.408 e. The van der Waals surface area contributed by atoms with Gasteiger partial charge in [0.15, 0.2) is 5.58 Å². The molecular weight excluding hydrogens is 238 g/mol. The zero-order valence-electron chi connectivity index (χ0n) is 9.47. The van der Waals surface area contributed by atoms with Crippen LogP contribution in [0.5, 0.6) is 0 Å². The Morgan fingerprint density at radius 3 is 3.06 bits per heavy atom. The molecule has 7 heteroatoms. The van der Waals surface area contributed by atoms with Gasteiger partial charge in [0.2, 0.25) is 5.91 Å². The molecule has 2 aromatic rings. The van der Waals surface area contributed by atoms with Gasteiger partial charge in [0, 0.05) is 6.54 Å². The highest BCUT2D eigenvalue weighted by molar-refractivity contribution is 5.81. The van der Waals surface area contributed by atoms with Crippen molar-refractivity contribution < 1.29 is 14.3 Å². The SMILES string of the molecule is NC(CO)C(=O)NCc1ccc2[nH]c(=O)oc2c1. The van der Waals surface area contributed by atoms with Crippen molar-refractivity contribution in [2.24, 2.45) is 5.73 Å². The fraction of sp³-hybridized carbons (Fsp3) is 0.273. The molecule has 0 aliphatic rings. The molecule has 1 unspecified atom stereocenters. The molecule has 1 amide bonds. The van der Waals surface area contributed by atoms with E-state index in [-0.39, 0.29) is 6.54 Å². The number of oxazole rings is 1. The maximum absolute atomic E-state index is 11.3. The number of hydrogen-bond acceptors (Lipinski definition) is 5. The third-order valence-corrected chi connectivity index (χ3v) is 2.49. The molecule has 0 aliphatic heterocycles. The molecule has 5 N–H and O–H groups in total. The van der Waals surface area contributed by atoms with Crippen LogP contribution in [-0.4, -0.2) is 28.6 Å². The van der Waals surface area contributed by atoms with E-state index in [9.17, 15) is 9.59 Å². The number of nitrogens with one attached hydrogen (secondary N) is 2. The minimum absolute atomic E-state index is 0.247. The summed E-state index contributed by atoms with van der Waals surface area (Å²) in [7, 11) is 0. The highest BCUT2D eigenvalue weighted by Gasteiger charge is 2.11. The van der Waals surface area contributed by atoms with Crippen LogP contribution in [0.1, 0.15) is 5.56 Å². The molecule has 1 heterocycles. The molecule has 18 heavy (non-hydrogen) atoms. The molecule has 0 saturated heterocycles. The van der Waals surface area contributed by atoms with Gasteiger partial charge in [0.1, 0.15) is 6.04 Å². The minimum atomic E-state index is -0.932. The Kier molecular flexibility index (Phi) is 3.45. The third kappa shape index (κ3) is 2.58. The van der Waals surface area contributed by atoms with Crippen LogP contribution in [0.15, 0.2) is 27.4 Å². The number of carbonyl (C=O) groups is 1. The number of aromatic amines is 1. The third-order valence-electron chi connectivity index (χ3n) is 2.49. The van der Waals surface area contributed by atoms with Crippen molar-refractivity contribution in [1.29, 1.82) is 0 Å². The van der Waals surface area contributed by atoms with Crippen LogP contribution in [0.25, 0.3) is 11.1 Å². The Morgan fingerprint density at radius 1 is 1.56 bits per heavy atom. The van der Waals surface area contributed by atoms with E-state index in [0.717, 1.165) is 5.56 Å². The molecule has 0 bridgehead atoms. The van der Waals surface area contributed by atoms with Gasteiger partial charge in [-0.05, 0) is 17.7 Å². The van der Waals surface area contributed by atoms with E-state index in [1.54, 1.807) is 18.2 Å². The molecular formula is C11H13N3O4. The van der Waals surface area contributed by atoms with Gasteiger partial charge in [-0.2, -0.15) is 0 Å². The summed E-state index contributed by atoms with van der Waals surface area (Å²) in [5, 5.41) is 11.3. The van der Waals surface area contributed by atoms with Crippen molar-refractivity contribution >= 4 is 17.0 Å². The number of aliphatic hydroxyl groups is 1. The monoisotopic (exact) mass is 251 g/mol. The van der Waals surface area contributed by atoms with Gasteiger partial charge in [-0.15, -0.1) is 0 Å². The zero-order chi connectivity index (χ0) is 13.1. The average molecular weight is 251 g/mol. The van der Waals surface area contributed by atoms with E-state index in [2.05, 4.69) is 10.3 Å². The van der Waals surface area contributed by atoms with E-state index < -0.39 is 24.3 Å². The predicted octanol–water partition coefficient (Wildman–Crippen LogP) is -0.943. The van der Waals surface area contributed by atoms with Crippen molar-refractivity contribution in [2.75, 3.05) is 6.61 Å². The summed E-state index contributed by atoms with van der Waals surface area (Å²) in [4.78, 5) is 24.8. The Balaban J connectivity index is 2.08. The maximum atomic E-state index is 11.3. The van der Waals surface area contributed by atoms with Crippen LogP contribution >= 0.6 is 0 Å². The number of benzene rings is 1. The van der Waals surface area contributed by atoms with Gasteiger partial charge in [0.25, 0.3) is 0 Å². The lowest BCUT2D eigenvalue weighted by atomic mass is 10.2. The summed E-state index contributed by atoms with van der Waals surface area (Å²) in [6.45, 7) is -0.158. The topological polar surface area (TPSA) is 121 Å². The highest BCUT2D eigenvalue weighted by atomic mass is 16.4. The van der Waals surface area contributed by atoms with Gasteiger partial charge in [-0.1, -0.05) is 6.07 Å². The Bertz CT molecular complexity index is 616. The number of rotatable bonds is 4. The van der Waals surface area contributed by atoms with E-state index in [4.69, 9.17) is 15.3 Å². The van der Waals surface area contributed by atoms with Crippen LogP contribution < -0.4 is 16.8 Å². The molecule has 7 nitrogen and oxygen atoms in total. The number of H-pyrrole nitrogens is 1. The van der Waals surface area contributed by atoms with Crippen LogP contribution in [0, 0.1) is 0 Å². The number of aromatic nitrogens is 1. The predicted molar refractivity (Wildman–Crippen MR) is 63.7 cm³/mol. The molecule has 2 rings (SSSR count). The largest absolute Gasteiger partial charge is 0.417 e. The normalized spacial score (nSPS) is 12.6. The van der Waals surface area contributed by atoms with Gasteiger partial charge in [0.05, 0.1) is 12.1 Å². The molecule has 0 saturated carbocycles. The molecule has 1 aromatic heterocycles. The lowest BCUT2D eigenvalue weighted by Gasteiger charge is -2.09.